The summed E-state index contributed by atoms with van der Waals surface area (Å²) in [6, 6.07) is 17.0. The van der Waals surface area contributed by atoms with E-state index >= 15 is 0 Å². The van der Waals surface area contributed by atoms with E-state index in [1.54, 1.807) is 6.20 Å². The zero-order valence-electron chi connectivity index (χ0n) is 21.2. The molecule has 0 radical (unpaired) electrons. The van der Waals surface area contributed by atoms with Gasteiger partial charge in [0.15, 0.2) is 0 Å². The van der Waals surface area contributed by atoms with Crippen molar-refractivity contribution in [3.05, 3.63) is 82.5 Å². The fourth-order valence-corrected chi connectivity index (χ4v) is 4.98. The van der Waals surface area contributed by atoms with Gasteiger partial charge in [0.05, 0.1) is 64.8 Å². The van der Waals surface area contributed by atoms with E-state index in [9.17, 15) is 0 Å². The van der Waals surface area contributed by atoms with Crippen LogP contribution in [0.3, 0.4) is 0 Å². The van der Waals surface area contributed by atoms with Gasteiger partial charge in [0, 0.05) is 31.5 Å². The first-order valence-electron chi connectivity index (χ1n) is 13.1. The van der Waals surface area contributed by atoms with Crippen LogP contribution in [0.5, 0.6) is 0 Å². The second-order valence-corrected chi connectivity index (χ2v) is 9.60. The Bertz CT molecular complexity index is 1540. The Morgan fingerprint density at radius 1 is 1.03 bits per heavy atom. The monoisotopic (exact) mass is 492 g/mol. The van der Waals surface area contributed by atoms with Crippen molar-refractivity contribution in [3.63, 3.8) is 0 Å². The van der Waals surface area contributed by atoms with Crippen molar-refractivity contribution in [2.75, 3.05) is 44.7 Å². The fourth-order valence-electron chi connectivity index (χ4n) is 4.98. The topological polar surface area (TPSA) is 67.6 Å². The van der Waals surface area contributed by atoms with Crippen molar-refractivity contribution in [2.45, 2.75) is 19.8 Å². The SMILES string of the molecule is Cc1ccc(-n2c3cc(=NCCN4CCOCC4)c(Nc4cccnc4)cc-3nc3c2=CCCC=3)cc1. The van der Waals surface area contributed by atoms with Crippen molar-refractivity contribution < 1.29 is 4.74 Å². The van der Waals surface area contributed by atoms with Gasteiger partial charge in [-0.15, -0.1) is 0 Å². The smallest absolute Gasteiger partial charge is 0.0900 e. The van der Waals surface area contributed by atoms with E-state index in [4.69, 9.17) is 14.7 Å². The van der Waals surface area contributed by atoms with Crippen molar-refractivity contribution in [1.29, 1.82) is 0 Å². The van der Waals surface area contributed by atoms with E-state index in [0.717, 1.165) is 96.7 Å². The maximum atomic E-state index is 5.50. The third kappa shape index (κ3) is 5.19. The van der Waals surface area contributed by atoms with Crippen LogP contribution in [-0.2, 0) is 4.74 Å². The number of rotatable bonds is 6. The summed E-state index contributed by atoms with van der Waals surface area (Å²) in [5, 5.41) is 6.65. The van der Waals surface area contributed by atoms with Gasteiger partial charge < -0.3 is 14.6 Å². The molecule has 188 valence electrons. The van der Waals surface area contributed by atoms with E-state index in [1.165, 1.54) is 5.56 Å². The molecule has 0 unspecified atom stereocenters. The lowest BCUT2D eigenvalue weighted by molar-refractivity contribution is 0.0394. The number of benzene rings is 2. The summed E-state index contributed by atoms with van der Waals surface area (Å²) in [7, 11) is 0. The first-order chi connectivity index (χ1) is 18.2. The summed E-state index contributed by atoms with van der Waals surface area (Å²) in [5.41, 5.74) is 6.23. The Morgan fingerprint density at radius 3 is 2.68 bits per heavy atom. The molecule has 0 amide bonds. The molecule has 3 heterocycles. The van der Waals surface area contributed by atoms with Gasteiger partial charge in [0.1, 0.15) is 0 Å². The van der Waals surface area contributed by atoms with Crippen LogP contribution in [0.15, 0.2) is 65.9 Å². The molecule has 0 saturated carbocycles. The molecule has 1 fully saturated rings. The number of pyridine rings is 1. The first kappa shape index (κ1) is 23.6. The number of ether oxygens (including phenoxy) is 1. The highest BCUT2D eigenvalue weighted by Crippen LogP contribution is 2.23. The van der Waals surface area contributed by atoms with Crippen molar-refractivity contribution in [2.24, 2.45) is 4.99 Å². The minimum Gasteiger partial charge on any atom is -0.379 e. The molecular formula is C30H32N6O. The number of fused-ring (bicyclic) bond motifs is 2. The van der Waals surface area contributed by atoms with Crippen molar-refractivity contribution >= 4 is 23.5 Å². The molecule has 7 nitrogen and oxygen atoms in total. The molecule has 1 aromatic heterocycles. The van der Waals surface area contributed by atoms with Crippen LogP contribution in [0.25, 0.3) is 29.2 Å². The molecule has 2 aromatic rings. The predicted molar refractivity (Wildman–Crippen MR) is 148 cm³/mol. The zero-order valence-corrected chi connectivity index (χ0v) is 21.2. The standard InChI is InChI=1S/C30H32N6O/c1-22-8-10-24(11-9-22)36-29-7-3-2-6-25(29)34-28-19-27(33-23-5-4-12-31-21-23)26(20-30(28)36)32-13-14-35-15-17-37-18-16-35/h4-12,19-21,33H,2-3,13-18H2,1H3. The Morgan fingerprint density at radius 2 is 1.86 bits per heavy atom. The number of aryl methyl sites for hydroxylation is 1. The molecule has 7 heteroatoms. The van der Waals surface area contributed by atoms with Crippen molar-refractivity contribution in [1.82, 2.24) is 19.4 Å². The van der Waals surface area contributed by atoms with Crippen LogP contribution in [-0.4, -0.2) is 58.8 Å². The van der Waals surface area contributed by atoms with Gasteiger partial charge in [-0.1, -0.05) is 29.8 Å². The molecule has 4 aliphatic rings. The molecule has 0 bridgehead atoms. The van der Waals surface area contributed by atoms with Crippen molar-refractivity contribution in [3.8, 4) is 17.1 Å². The lowest BCUT2D eigenvalue weighted by atomic mass is 10.1. The summed E-state index contributed by atoms with van der Waals surface area (Å²) in [5.74, 6) is 0. The fraction of sp³-hybridized carbons (Fsp3) is 0.300. The average Bonchev–Trinajstić information content (AvgIpc) is 2.94. The number of nitrogens with one attached hydrogen (secondary N) is 1. The molecule has 1 N–H and O–H groups in total. The normalized spacial score (nSPS) is 16.2. The molecule has 0 atom stereocenters. The van der Waals surface area contributed by atoms with Gasteiger partial charge in [0.2, 0.25) is 0 Å². The summed E-state index contributed by atoms with van der Waals surface area (Å²) in [4.78, 5) is 16.9. The van der Waals surface area contributed by atoms with Crippen LogP contribution in [0.1, 0.15) is 18.4 Å². The van der Waals surface area contributed by atoms with Crippen LogP contribution in [0, 0.1) is 6.92 Å². The number of nitrogens with zero attached hydrogens (tertiary/aromatic N) is 5. The molecule has 1 aromatic carbocycles. The first-order valence-corrected chi connectivity index (χ1v) is 13.1. The van der Waals surface area contributed by atoms with E-state index in [1.807, 2.05) is 18.3 Å². The van der Waals surface area contributed by atoms with E-state index < -0.39 is 0 Å². The number of aromatic nitrogens is 3. The Hall–Kier alpha value is -3.81. The van der Waals surface area contributed by atoms with E-state index in [0.29, 0.717) is 0 Å². The summed E-state index contributed by atoms with van der Waals surface area (Å²) >= 11 is 0. The molecule has 2 aliphatic heterocycles. The minimum absolute atomic E-state index is 0.718. The Labute approximate surface area is 216 Å². The maximum Gasteiger partial charge on any atom is 0.0900 e. The number of hydrogen-bond donors (Lipinski definition) is 1. The van der Waals surface area contributed by atoms with Gasteiger partial charge in [-0.3, -0.25) is 14.9 Å². The lowest BCUT2D eigenvalue weighted by Crippen LogP contribution is -2.40. The van der Waals surface area contributed by atoms with Gasteiger partial charge in [-0.05, 0) is 56.2 Å². The predicted octanol–water partition coefficient (Wildman–Crippen LogP) is 3.01. The average molecular weight is 493 g/mol. The second kappa shape index (κ2) is 10.7. The van der Waals surface area contributed by atoms with Gasteiger partial charge in [-0.2, -0.15) is 0 Å². The van der Waals surface area contributed by atoms with Gasteiger partial charge in [-0.25, -0.2) is 4.98 Å². The third-order valence-corrected chi connectivity index (χ3v) is 6.95. The highest BCUT2D eigenvalue weighted by Gasteiger charge is 2.16. The molecular weight excluding hydrogens is 460 g/mol. The van der Waals surface area contributed by atoms with Crippen LogP contribution in [0.4, 0.5) is 11.4 Å². The maximum absolute atomic E-state index is 5.50. The molecule has 37 heavy (non-hydrogen) atoms. The number of anilines is 2. The van der Waals surface area contributed by atoms with Crippen LogP contribution in [0.2, 0.25) is 0 Å². The Kier molecular flexibility index (Phi) is 6.80. The minimum atomic E-state index is 0.718. The van der Waals surface area contributed by atoms with Gasteiger partial charge in [0.25, 0.3) is 0 Å². The summed E-state index contributed by atoms with van der Waals surface area (Å²) < 4.78 is 7.84. The van der Waals surface area contributed by atoms with E-state index in [-0.39, 0.29) is 0 Å². The molecule has 2 aliphatic carbocycles. The third-order valence-electron chi connectivity index (χ3n) is 6.95. The lowest BCUT2D eigenvalue weighted by Gasteiger charge is -2.25. The van der Waals surface area contributed by atoms with Crippen LogP contribution >= 0.6 is 0 Å². The highest BCUT2D eigenvalue weighted by molar-refractivity contribution is 5.70. The molecule has 0 spiro atoms. The largest absolute Gasteiger partial charge is 0.379 e. The Balaban J connectivity index is 1.51. The molecule has 1 saturated heterocycles. The highest BCUT2D eigenvalue weighted by atomic mass is 16.5. The van der Waals surface area contributed by atoms with Gasteiger partial charge >= 0.3 is 0 Å². The summed E-state index contributed by atoms with van der Waals surface area (Å²) in [6.07, 6.45) is 10.2. The summed E-state index contributed by atoms with van der Waals surface area (Å²) in [6.45, 7) is 7.27. The van der Waals surface area contributed by atoms with Crippen LogP contribution < -0.4 is 21.4 Å². The molecule has 6 rings (SSSR count). The number of hydrogen-bond acceptors (Lipinski definition) is 6. The second-order valence-electron chi connectivity index (χ2n) is 9.60. The zero-order chi connectivity index (χ0) is 25.0. The number of morpholine rings is 1. The quantitative estimate of drug-likeness (QED) is 0.448. The van der Waals surface area contributed by atoms with E-state index in [2.05, 4.69) is 75.2 Å².